The van der Waals surface area contributed by atoms with Crippen LogP contribution in [0.5, 0.6) is 0 Å². The summed E-state index contributed by atoms with van der Waals surface area (Å²) in [4.78, 5) is 14.4. The fraction of sp³-hybridized carbons (Fsp3) is 0.944. The first kappa shape index (κ1) is 17.6. The summed E-state index contributed by atoms with van der Waals surface area (Å²) in [6.45, 7) is 12.2. The van der Waals surface area contributed by atoms with E-state index in [0.717, 1.165) is 37.8 Å². The lowest BCUT2D eigenvalue weighted by atomic mass is 9.97. The molecule has 0 aromatic rings. The van der Waals surface area contributed by atoms with E-state index in [-0.39, 0.29) is 12.1 Å². The van der Waals surface area contributed by atoms with E-state index in [1.807, 2.05) is 25.7 Å². The molecule has 1 N–H and O–H groups in total. The van der Waals surface area contributed by atoms with Gasteiger partial charge >= 0.3 is 6.09 Å². The monoisotopic (exact) mass is 310 g/mol. The van der Waals surface area contributed by atoms with Crippen molar-refractivity contribution in [2.45, 2.75) is 84.4 Å². The Morgan fingerprint density at radius 3 is 2.50 bits per heavy atom. The van der Waals surface area contributed by atoms with Crippen LogP contribution in [0.1, 0.15) is 66.7 Å². The van der Waals surface area contributed by atoms with Crippen LogP contribution in [0.25, 0.3) is 0 Å². The predicted octanol–water partition coefficient (Wildman–Crippen LogP) is 3.80. The molecule has 4 heteroatoms. The number of carbonyl (C=O) groups excluding carboxylic acids is 1. The van der Waals surface area contributed by atoms with Gasteiger partial charge in [0.25, 0.3) is 0 Å². The van der Waals surface area contributed by atoms with Gasteiger partial charge in [0.05, 0.1) is 0 Å². The molecular weight excluding hydrogens is 276 g/mol. The van der Waals surface area contributed by atoms with Crippen LogP contribution in [0.3, 0.4) is 0 Å². The van der Waals surface area contributed by atoms with Crippen LogP contribution in [0.2, 0.25) is 0 Å². The Hall–Kier alpha value is -0.770. The zero-order valence-electron chi connectivity index (χ0n) is 15.0. The van der Waals surface area contributed by atoms with Gasteiger partial charge in [0, 0.05) is 25.2 Å². The molecule has 2 fully saturated rings. The smallest absolute Gasteiger partial charge is 0.410 e. The first-order chi connectivity index (χ1) is 10.3. The SMILES string of the molecule is CC1CCC(NCC2CCCCN2C(=O)OC(C)(C)C)C1C. The summed E-state index contributed by atoms with van der Waals surface area (Å²) in [5.74, 6) is 1.55. The summed E-state index contributed by atoms with van der Waals surface area (Å²) >= 11 is 0. The number of hydrogen-bond donors (Lipinski definition) is 1. The maximum Gasteiger partial charge on any atom is 0.410 e. The van der Waals surface area contributed by atoms with Gasteiger partial charge in [-0.1, -0.05) is 13.8 Å². The van der Waals surface area contributed by atoms with Crippen LogP contribution in [0, 0.1) is 11.8 Å². The van der Waals surface area contributed by atoms with Crippen molar-refractivity contribution in [1.29, 1.82) is 0 Å². The number of hydrogen-bond acceptors (Lipinski definition) is 3. The van der Waals surface area contributed by atoms with E-state index in [1.165, 1.54) is 19.3 Å². The van der Waals surface area contributed by atoms with E-state index >= 15 is 0 Å². The van der Waals surface area contributed by atoms with Crippen molar-refractivity contribution in [2.75, 3.05) is 13.1 Å². The first-order valence-corrected chi connectivity index (χ1v) is 9.01. The second kappa shape index (κ2) is 7.20. The van der Waals surface area contributed by atoms with Crippen LogP contribution in [-0.2, 0) is 4.74 Å². The third-order valence-electron chi connectivity index (χ3n) is 5.34. The van der Waals surface area contributed by atoms with E-state index in [9.17, 15) is 4.79 Å². The first-order valence-electron chi connectivity index (χ1n) is 9.01. The van der Waals surface area contributed by atoms with Gasteiger partial charge in [0.15, 0.2) is 0 Å². The van der Waals surface area contributed by atoms with Gasteiger partial charge < -0.3 is 15.0 Å². The van der Waals surface area contributed by atoms with Gasteiger partial charge in [-0.2, -0.15) is 0 Å². The number of carbonyl (C=O) groups is 1. The molecule has 0 bridgehead atoms. The Balaban J connectivity index is 1.88. The molecule has 1 saturated heterocycles. The highest BCUT2D eigenvalue weighted by Crippen LogP contribution is 2.31. The molecule has 128 valence electrons. The molecule has 1 heterocycles. The second-order valence-corrected chi connectivity index (χ2v) is 8.25. The fourth-order valence-electron chi connectivity index (χ4n) is 3.71. The van der Waals surface area contributed by atoms with Gasteiger partial charge in [-0.25, -0.2) is 4.79 Å². The molecule has 0 spiro atoms. The molecule has 0 aromatic carbocycles. The molecular formula is C18H34N2O2. The number of nitrogens with zero attached hydrogens (tertiary/aromatic N) is 1. The van der Waals surface area contributed by atoms with E-state index < -0.39 is 5.60 Å². The van der Waals surface area contributed by atoms with Crippen LogP contribution in [0.4, 0.5) is 4.79 Å². The average Bonchev–Trinajstić information content (AvgIpc) is 2.75. The quantitative estimate of drug-likeness (QED) is 0.862. The summed E-state index contributed by atoms with van der Waals surface area (Å²) in [7, 11) is 0. The van der Waals surface area contributed by atoms with Gasteiger partial charge in [-0.3, -0.25) is 0 Å². The number of ether oxygens (including phenoxy) is 1. The summed E-state index contributed by atoms with van der Waals surface area (Å²) in [5.41, 5.74) is -0.415. The van der Waals surface area contributed by atoms with Crippen molar-refractivity contribution in [1.82, 2.24) is 10.2 Å². The number of piperidine rings is 1. The maximum atomic E-state index is 12.4. The van der Waals surface area contributed by atoms with Crippen LogP contribution < -0.4 is 5.32 Å². The van der Waals surface area contributed by atoms with Crippen molar-refractivity contribution in [3.63, 3.8) is 0 Å². The zero-order valence-corrected chi connectivity index (χ0v) is 15.0. The maximum absolute atomic E-state index is 12.4. The highest BCUT2D eigenvalue weighted by atomic mass is 16.6. The number of rotatable bonds is 3. The van der Waals surface area contributed by atoms with E-state index in [2.05, 4.69) is 19.2 Å². The largest absolute Gasteiger partial charge is 0.444 e. The summed E-state index contributed by atoms with van der Waals surface area (Å²) in [6.07, 6.45) is 5.82. The van der Waals surface area contributed by atoms with Crippen molar-refractivity contribution in [3.8, 4) is 0 Å². The molecule has 4 atom stereocenters. The summed E-state index contributed by atoms with van der Waals surface area (Å²) in [6, 6.07) is 0.893. The number of amides is 1. The fourth-order valence-corrected chi connectivity index (χ4v) is 3.71. The topological polar surface area (TPSA) is 41.6 Å². The molecule has 1 aliphatic carbocycles. The van der Waals surface area contributed by atoms with Crippen LogP contribution in [-0.4, -0.2) is 41.8 Å². The average molecular weight is 310 g/mol. The minimum atomic E-state index is -0.415. The molecule has 1 aliphatic heterocycles. The molecule has 0 radical (unpaired) electrons. The summed E-state index contributed by atoms with van der Waals surface area (Å²) < 4.78 is 5.58. The molecule has 22 heavy (non-hydrogen) atoms. The molecule has 4 nitrogen and oxygen atoms in total. The van der Waals surface area contributed by atoms with Gasteiger partial charge in [-0.05, 0) is 64.7 Å². The van der Waals surface area contributed by atoms with Crippen LogP contribution >= 0.6 is 0 Å². The van der Waals surface area contributed by atoms with Crippen molar-refractivity contribution >= 4 is 6.09 Å². The molecule has 2 aliphatic rings. The molecule has 1 saturated carbocycles. The van der Waals surface area contributed by atoms with Crippen LogP contribution in [0.15, 0.2) is 0 Å². The second-order valence-electron chi connectivity index (χ2n) is 8.25. The number of nitrogens with one attached hydrogen (secondary N) is 1. The van der Waals surface area contributed by atoms with E-state index in [1.54, 1.807) is 0 Å². The Morgan fingerprint density at radius 2 is 1.91 bits per heavy atom. The minimum Gasteiger partial charge on any atom is -0.444 e. The van der Waals surface area contributed by atoms with E-state index in [0.29, 0.717) is 6.04 Å². The lowest BCUT2D eigenvalue weighted by molar-refractivity contribution is 0.00952. The molecule has 4 unspecified atom stereocenters. The molecule has 0 aromatic heterocycles. The predicted molar refractivity (Wildman–Crippen MR) is 89.9 cm³/mol. The third kappa shape index (κ3) is 4.61. The highest BCUT2D eigenvalue weighted by molar-refractivity contribution is 5.68. The Morgan fingerprint density at radius 1 is 1.18 bits per heavy atom. The van der Waals surface area contributed by atoms with Crippen molar-refractivity contribution in [2.24, 2.45) is 11.8 Å². The lowest BCUT2D eigenvalue weighted by Crippen LogP contribution is -2.51. The van der Waals surface area contributed by atoms with Gasteiger partial charge in [0.2, 0.25) is 0 Å². The van der Waals surface area contributed by atoms with Gasteiger partial charge in [-0.15, -0.1) is 0 Å². The van der Waals surface area contributed by atoms with Crippen molar-refractivity contribution in [3.05, 3.63) is 0 Å². The number of likely N-dealkylation sites (tertiary alicyclic amines) is 1. The van der Waals surface area contributed by atoms with Crippen molar-refractivity contribution < 1.29 is 9.53 Å². The van der Waals surface area contributed by atoms with Gasteiger partial charge in [0.1, 0.15) is 5.60 Å². The minimum absolute atomic E-state index is 0.146. The molecule has 1 amide bonds. The lowest BCUT2D eigenvalue weighted by Gasteiger charge is -2.37. The van der Waals surface area contributed by atoms with E-state index in [4.69, 9.17) is 4.74 Å². The normalized spacial score (nSPS) is 33.0. The Kier molecular flexibility index (Phi) is 5.76. The Bertz CT molecular complexity index is 378. The standard InChI is InChI=1S/C18H34N2O2/c1-13-9-10-16(14(13)2)19-12-15-8-6-7-11-20(15)17(21)22-18(3,4)5/h13-16,19H,6-12H2,1-5H3. The third-order valence-corrected chi connectivity index (χ3v) is 5.34. The zero-order chi connectivity index (χ0) is 16.3. The summed E-state index contributed by atoms with van der Waals surface area (Å²) in [5, 5.41) is 3.73. The Labute approximate surface area is 136 Å². The molecule has 2 rings (SSSR count). The highest BCUT2D eigenvalue weighted by Gasteiger charge is 2.33.